The molecule has 0 aliphatic heterocycles. The van der Waals surface area contributed by atoms with Crippen LogP contribution in [0.25, 0.3) is 0 Å². The van der Waals surface area contributed by atoms with Crippen molar-refractivity contribution in [3.63, 3.8) is 0 Å². The number of aliphatic hydroxyl groups is 1. The third kappa shape index (κ3) is 2.46. The summed E-state index contributed by atoms with van der Waals surface area (Å²) in [5, 5.41) is 8.81. The molecule has 0 saturated carbocycles. The van der Waals surface area contributed by atoms with Crippen molar-refractivity contribution in [1.29, 1.82) is 0 Å². The van der Waals surface area contributed by atoms with E-state index < -0.39 is 11.9 Å². The van der Waals surface area contributed by atoms with Gasteiger partial charge in [-0.1, -0.05) is 6.07 Å². The third-order valence-corrected chi connectivity index (χ3v) is 2.38. The van der Waals surface area contributed by atoms with Gasteiger partial charge in [0.2, 0.25) is 0 Å². The van der Waals surface area contributed by atoms with Gasteiger partial charge in [-0.2, -0.15) is 0 Å². The number of nitrogens with two attached hydrogens (primary N) is 1. The van der Waals surface area contributed by atoms with Crippen molar-refractivity contribution >= 4 is 0 Å². The van der Waals surface area contributed by atoms with Crippen molar-refractivity contribution in [3.05, 3.63) is 29.1 Å². The molecule has 0 spiro atoms. The summed E-state index contributed by atoms with van der Waals surface area (Å²) in [6, 6.07) is 2.61. The topological polar surface area (TPSA) is 55.5 Å². The molecule has 15 heavy (non-hydrogen) atoms. The smallest absolute Gasteiger partial charge is 0.165 e. The molecule has 0 heterocycles. The minimum atomic E-state index is -0.425. The minimum absolute atomic E-state index is 0.0275. The van der Waals surface area contributed by atoms with E-state index in [0.717, 1.165) is 5.56 Å². The molecule has 0 aliphatic carbocycles. The number of aryl methyl sites for hydroxylation is 1. The molecule has 1 atom stereocenters. The molecule has 1 rings (SSSR count). The van der Waals surface area contributed by atoms with Gasteiger partial charge in [0.25, 0.3) is 0 Å². The maximum absolute atomic E-state index is 13.4. The zero-order chi connectivity index (χ0) is 11.4. The average Bonchev–Trinajstić information content (AvgIpc) is 2.21. The van der Waals surface area contributed by atoms with Crippen molar-refractivity contribution in [2.75, 3.05) is 13.7 Å². The predicted octanol–water partition coefficient (Wildman–Crippen LogP) is 1.52. The van der Waals surface area contributed by atoms with E-state index in [-0.39, 0.29) is 12.4 Å². The Kier molecular flexibility index (Phi) is 4.05. The van der Waals surface area contributed by atoms with Crippen LogP contribution in [-0.2, 0) is 0 Å². The number of methoxy groups -OCH3 is 1. The summed E-state index contributed by atoms with van der Waals surface area (Å²) in [5.41, 5.74) is 7.35. The largest absolute Gasteiger partial charge is 0.493 e. The number of ether oxygens (including phenoxy) is 1. The lowest BCUT2D eigenvalue weighted by Gasteiger charge is -2.17. The zero-order valence-electron chi connectivity index (χ0n) is 8.96. The van der Waals surface area contributed by atoms with Crippen LogP contribution < -0.4 is 10.5 Å². The van der Waals surface area contributed by atoms with Crippen molar-refractivity contribution in [2.24, 2.45) is 5.73 Å². The maximum Gasteiger partial charge on any atom is 0.165 e. The highest BCUT2D eigenvalue weighted by Crippen LogP contribution is 2.31. The Morgan fingerprint density at radius 3 is 2.73 bits per heavy atom. The molecule has 1 unspecified atom stereocenters. The monoisotopic (exact) mass is 213 g/mol. The van der Waals surface area contributed by atoms with Gasteiger partial charge in [0, 0.05) is 18.2 Å². The Morgan fingerprint density at radius 1 is 1.53 bits per heavy atom. The summed E-state index contributed by atoms with van der Waals surface area (Å²) >= 11 is 0. The Bertz CT molecular complexity index is 342. The second kappa shape index (κ2) is 5.09. The second-order valence-electron chi connectivity index (χ2n) is 3.43. The first-order chi connectivity index (χ1) is 7.11. The fraction of sp³-hybridized carbons (Fsp3) is 0.455. The summed E-state index contributed by atoms with van der Waals surface area (Å²) in [7, 11) is 1.41. The number of hydrogen-bond acceptors (Lipinski definition) is 3. The highest BCUT2D eigenvalue weighted by molar-refractivity contribution is 5.43. The molecule has 3 N–H and O–H groups in total. The van der Waals surface area contributed by atoms with Crippen LogP contribution >= 0.6 is 0 Å². The molecular weight excluding hydrogens is 197 g/mol. The fourth-order valence-corrected chi connectivity index (χ4v) is 1.62. The summed E-state index contributed by atoms with van der Waals surface area (Å²) in [5.74, 6) is -0.248. The van der Waals surface area contributed by atoms with Gasteiger partial charge >= 0.3 is 0 Å². The van der Waals surface area contributed by atoms with Crippen LogP contribution in [0.3, 0.4) is 0 Å². The van der Waals surface area contributed by atoms with Crippen LogP contribution in [0.1, 0.15) is 23.6 Å². The normalized spacial score (nSPS) is 12.6. The highest BCUT2D eigenvalue weighted by atomic mass is 19.1. The molecule has 4 heteroatoms. The number of halogens is 1. The molecule has 1 aromatic rings. The average molecular weight is 213 g/mol. The molecule has 0 amide bonds. The van der Waals surface area contributed by atoms with Crippen LogP contribution in [0.15, 0.2) is 12.1 Å². The molecule has 0 bridgehead atoms. The van der Waals surface area contributed by atoms with Gasteiger partial charge in [-0.25, -0.2) is 4.39 Å². The van der Waals surface area contributed by atoms with Crippen molar-refractivity contribution in [2.45, 2.75) is 19.4 Å². The summed E-state index contributed by atoms with van der Waals surface area (Å²) < 4.78 is 18.4. The van der Waals surface area contributed by atoms with Crippen molar-refractivity contribution < 1.29 is 14.2 Å². The molecule has 0 saturated heterocycles. The van der Waals surface area contributed by atoms with Gasteiger partial charge in [-0.15, -0.1) is 0 Å². The van der Waals surface area contributed by atoms with Crippen molar-refractivity contribution in [1.82, 2.24) is 0 Å². The molecule has 0 aromatic heterocycles. The Balaban J connectivity index is 3.18. The summed E-state index contributed by atoms with van der Waals surface area (Å²) in [6.07, 6.45) is 0.390. The van der Waals surface area contributed by atoms with E-state index in [1.807, 2.05) is 6.92 Å². The van der Waals surface area contributed by atoms with E-state index in [9.17, 15) is 4.39 Å². The van der Waals surface area contributed by atoms with Gasteiger partial charge in [0.15, 0.2) is 11.6 Å². The lowest BCUT2D eigenvalue weighted by atomic mass is 9.98. The highest BCUT2D eigenvalue weighted by Gasteiger charge is 2.17. The molecular formula is C11H16FNO2. The van der Waals surface area contributed by atoms with E-state index in [4.69, 9.17) is 15.6 Å². The van der Waals surface area contributed by atoms with E-state index >= 15 is 0 Å². The summed E-state index contributed by atoms with van der Waals surface area (Å²) in [4.78, 5) is 0. The van der Waals surface area contributed by atoms with Crippen LogP contribution in [0, 0.1) is 12.7 Å². The summed E-state index contributed by atoms with van der Waals surface area (Å²) in [6.45, 7) is 1.81. The lowest BCUT2D eigenvalue weighted by molar-refractivity contribution is 0.274. The molecule has 0 fully saturated rings. The first kappa shape index (κ1) is 11.9. The van der Waals surface area contributed by atoms with Gasteiger partial charge in [-0.3, -0.25) is 0 Å². The van der Waals surface area contributed by atoms with Crippen LogP contribution in [0.4, 0.5) is 4.39 Å². The molecule has 3 nitrogen and oxygen atoms in total. The zero-order valence-corrected chi connectivity index (χ0v) is 8.96. The number of aliphatic hydroxyl groups excluding tert-OH is 1. The van der Waals surface area contributed by atoms with E-state index in [0.29, 0.717) is 12.0 Å². The van der Waals surface area contributed by atoms with Gasteiger partial charge in [-0.05, 0) is 25.0 Å². The van der Waals surface area contributed by atoms with E-state index in [2.05, 4.69) is 0 Å². The van der Waals surface area contributed by atoms with Crippen LogP contribution in [0.5, 0.6) is 5.75 Å². The molecule has 0 radical (unpaired) electrons. The molecule has 1 aromatic carbocycles. The maximum atomic E-state index is 13.4. The second-order valence-corrected chi connectivity index (χ2v) is 3.43. The fourth-order valence-electron chi connectivity index (χ4n) is 1.62. The predicted molar refractivity (Wildman–Crippen MR) is 56.3 cm³/mol. The number of hydrogen-bond donors (Lipinski definition) is 2. The Labute approximate surface area is 88.7 Å². The SMILES string of the molecule is COc1c(F)ccc(C)c1C(N)CCO. The molecule has 0 aliphatic rings. The molecule has 84 valence electrons. The Hall–Kier alpha value is -1.13. The van der Waals surface area contributed by atoms with Crippen LogP contribution in [-0.4, -0.2) is 18.8 Å². The van der Waals surface area contributed by atoms with Gasteiger partial charge in [0.05, 0.1) is 7.11 Å². The standard InChI is InChI=1S/C11H16FNO2/c1-7-3-4-8(12)11(15-2)10(7)9(13)5-6-14/h3-4,9,14H,5-6,13H2,1-2H3. The quantitative estimate of drug-likeness (QED) is 0.797. The lowest BCUT2D eigenvalue weighted by Crippen LogP contribution is -2.15. The minimum Gasteiger partial charge on any atom is -0.493 e. The third-order valence-electron chi connectivity index (χ3n) is 2.38. The first-order valence-electron chi connectivity index (χ1n) is 4.81. The van der Waals surface area contributed by atoms with Crippen molar-refractivity contribution in [3.8, 4) is 5.75 Å². The first-order valence-corrected chi connectivity index (χ1v) is 4.81. The Morgan fingerprint density at radius 2 is 2.20 bits per heavy atom. The van der Waals surface area contributed by atoms with E-state index in [1.54, 1.807) is 6.07 Å². The van der Waals surface area contributed by atoms with Crippen LogP contribution in [0.2, 0.25) is 0 Å². The number of rotatable bonds is 4. The van der Waals surface area contributed by atoms with Gasteiger partial charge < -0.3 is 15.6 Å². The number of benzene rings is 1. The van der Waals surface area contributed by atoms with E-state index in [1.165, 1.54) is 13.2 Å². The van der Waals surface area contributed by atoms with Gasteiger partial charge in [0.1, 0.15) is 0 Å².